The van der Waals surface area contributed by atoms with Crippen LogP contribution in [0.25, 0.3) is 5.52 Å². The predicted molar refractivity (Wildman–Crippen MR) is 111 cm³/mol. The first-order valence-electron chi connectivity index (χ1n) is 9.81. The van der Waals surface area contributed by atoms with Gasteiger partial charge in [0.05, 0.1) is 5.52 Å². The summed E-state index contributed by atoms with van der Waals surface area (Å²) < 4.78 is 1.71. The zero-order chi connectivity index (χ0) is 20.4. The van der Waals surface area contributed by atoms with Crippen LogP contribution < -0.4 is 5.32 Å². The third-order valence-electron chi connectivity index (χ3n) is 5.32. The fourth-order valence-electron chi connectivity index (χ4n) is 3.48. The number of nitrogens with zero attached hydrogens (tertiary/aromatic N) is 4. The van der Waals surface area contributed by atoms with E-state index in [2.05, 4.69) is 15.2 Å². The molecule has 0 saturated carbocycles. The Hall–Kier alpha value is -3.19. The fourth-order valence-corrected chi connectivity index (χ4v) is 3.48. The van der Waals surface area contributed by atoms with Gasteiger partial charge in [0.15, 0.2) is 5.69 Å². The van der Waals surface area contributed by atoms with Crippen LogP contribution in [0.2, 0.25) is 0 Å². The van der Waals surface area contributed by atoms with Crippen LogP contribution >= 0.6 is 0 Å². The van der Waals surface area contributed by atoms with Crippen molar-refractivity contribution < 1.29 is 9.59 Å². The van der Waals surface area contributed by atoms with Crippen molar-refractivity contribution in [3.8, 4) is 0 Å². The molecule has 0 aliphatic carbocycles. The molecule has 2 aromatic heterocycles. The summed E-state index contributed by atoms with van der Waals surface area (Å²) >= 11 is 0. The second-order valence-corrected chi connectivity index (χ2v) is 7.50. The highest BCUT2D eigenvalue weighted by atomic mass is 16.2. The molecule has 3 heterocycles. The molecule has 7 heteroatoms. The number of hydrogen-bond acceptors (Lipinski definition) is 4. The highest BCUT2D eigenvalue weighted by molar-refractivity contribution is 6.02. The largest absolute Gasteiger partial charge is 0.347 e. The minimum atomic E-state index is -0.285. The molecular weight excluding hydrogens is 366 g/mol. The number of carbonyl (C=O) groups excluding carboxylic acids is 2. The zero-order valence-electron chi connectivity index (χ0n) is 16.8. The number of nitrogens with one attached hydrogen (secondary N) is 1. The van der Waals surface area contributed by atoms with Crippen molar-refractivity contribution in [2.45, 2.75) is 13.5 Å². The molecule has 1 aromatic carbocycles. The molecule has 1 aliphatic heterocycles. The van der Waals surface area contributed by atoms with Crippen LogP contribution in [0, 0.1) is 6.92 Å². The molecule has 150 valence electrons. The smallest absolute Gasteiger partial charge is 0.290 e. The quantitative estimate of drug-likeness (QED) is 0.738. The van der Waals surface area contributed by atoms with Gasteiger partial charge in [-0.25, -0.2) is 4.98 Å². The Morgan fingerprint density at radius 3 is 2.48 bits per heavy atom. The highest BCUT2D eigenvalue weighted by Gasteiger charge is 2.26. The van der Waals surface area contributed by atoms with E-state index in [1.54, 1.807) is 15.5 Å². The van der Waals surface area contributed by atoms with E-state index in [1.807, 2.05) is 56.4 Å². The van der Waals surface area contributed by atoms with Crippen molar-refractivity contribution in [1.29, 1.82) is 0 Å². The molecule has 0 bridgehead atoms. The van der Waals surface area contributed by atoms with Crippen molar-refractivity contribution in [2.24, 2.45) is 0 Å². The van der Waals surface area contributed by atoms with Crippen molar-refractivity contribution in [3.63, 3.8) is 0 Å². The topological polar surface area (TPSA) is 70.0 Å². The van der Waals surface area contributed by atoms with Gasteiger partial charge >= 0.3 is 0 Å². The van der Waals surface area contributed by atoms with E-state index >= 15 is 0 Å². The number of amides is 2. The fraction of sp³-hybridized carbons (Fsp3) is 0.318. The minimum absolute atomic E-state index is 0.142. The molecule has 3 aromatic rings. The van der Waals surface area contributed by atoms with Gasteiger partial charge in [0.2, 0.25) is 5.82 Å². The molecule has 0 atom stereocenters. The van der Waals surface area contributed by atoms with Gasteiger partial charge < -0.3 is 15.1 Å². The van der Waals surface area contributed by atoms with Crippen LogP contribution in [-0.4, -0.2) is 64.2 Å². The van der Waals surface area contributed by atoms with Crippen LogP contribution in [0.4, 0.5) is 0 Å². The van der Waals surface area contributed by atoms with E-state index in [1.165, 1.54) is 5.56 Å². The number of benzene rings is 1. The SMILES string of the molecule is Cc1ccc(CNC(=O)c2nc(C(=O)N3CCN(C)CC3)n3ccccc23)cc1. The summed E-state index contributed by atoms with van der Waals surface area (Å²) in [5, 5.41) is 2.92. The summed E-state index contributed by atoms with van der Waals surface area (Å²) in [4.78, 5) is 34.3. The average Bonchev–Trinajstić information content (AvgIpc) is 3.13. The molecule has 1 aliphatic rings. The van der Waals surface area contributed by atoms with Gasteiger partial charge in [-0.05, 0) is 31.7 Å². The van der Waals surface area contributed by atoms with Crippen molar-refractivity contribution in [3.05, 3.63) is 71.3 Å². The Bertz CT molecular complexity index is 1030. The molecule has 29 heavy (non-hydrogen) atoms. The third-order valence-corrected chi connectivity index (χ3v) is 5.32. The molecule has 1 fully saturated rings. The molecule has 2 amide bonds. The number of likely N-dealkylation sites (N-methyl/N-ethyl adjacent to an activating group) is 1. The standard InChI is InChI=1S/C22H25N5O2/c1-16-6-8-17(9-7-16)15-23-21(28)19-18-5-3-4-10-27(18)20(24-19)22(29)26-13-11-25(2)12-14-26/h3-10H,11-15H2,1-2H3,(H,23,28). The Balaban J connectivity index is 1.57. The number of aromatic nitrogens is 2. The number of hydrogen-bond donors (Lipinski definition) is 1. The van der Waals surface area contributed by atoms with Gasteiger partial charge in [-0.1, -0.05) is 35.9 Å². The maximum absolute atomic E-state index is 13.1. The minimum Gasteiger partial charge on any atom is -0.347 e. The van der Waals surface area contributed by atoms with Gasteiger partial charge in [0, 0.05) is 38.9 Å². The second kappa shape index (κ2) is 8.05. The molecule has 4 rings (SSSR count). The number of carbonyl (C=O) groups is 2. The van der Waals surface area contributed by atoms with E-state index in [0.717, 1.165) is 18.7 Å². The number of piperazine rings is 1. The van der Waals surface area contributed by atoms with Gasteiger partial charge in [0.25, 0.3) is 11.8 Å². The maximum atomic E-state index is 13.1. The Labute approximate surface area is 169 Å². The third kappa shape index (κ3) is 4.00. The van der Waals surface area contributed by atoms with Gasteiger partial charge in [0.1, 0.15) is 0 Å². The maximum Gasteiger partial charge on any atom is 0.290 e. The number of fused-ring (bicyclic) bond motifs is 1. The van der Waals surface area contributed by atoms with E-state index in [-0.39, 0.29) is 23.3 Å². The summed E-state index contributed by atoms with van der Waals surface area (Å²) in [6.45, 7) is 5.42. The first-order chi connectivity index (χ1) is 14.0. The van der Waals surface area contributed by atoms with Gasteiger partial charge in [-0.2, -0.15) is 0 Å². The molecule has 1 N–H and O–H groups in total. The van der Waals surface area contributed by atoms with Crippen molar-refractivity contribution in [2.75, 3.05) is 33.2 Å². The van der Waals surface area contributed by atoms with E-state index in [4.69, 9.17) is 0 Å². The Kier molecular flexibility index (Phi) is 5.31. The lowest BCUT2D eigenvalue weighted by Crippen LogP contribution is -2.47. The molecule has 0 spiro atoms. The molecular formula is C22H25N5O2. The molecule has 0 radical (unpaired) electrons. The average molecular weight is 391 g/mol. The molecule has 1 saturated heterocycles. The predicted octanol–water partition coefficient (Wildman–Crippen LogP) is 1.96. The number of aryl methyl sites for hydroxylation is 1. The van der Waals surface area contributed by atoms with Gasteiger partial charge in [-0.3, -0.25) is 14.0 Å². The monoisotopic (exact) mass is 391 g/mol. The number of pyridine rings is 1. The molecule has 0 unspecified atom stereocenters. The number of rotatable bonds is 4. The highest BCUT2D eigenvalue weighted by Crippen LogP contribution is 2.16. The first kappa shape index (κ1) is 19.1. The van der Waals surface area contributed by atoms with Crippen LogP contribution in [-0.2, 0) is 6.54 Å². The van der Waals surface area contributed by atoms with Crippen LogP contribution in [0.3, 0.4) is 0 Å². The summed E-state index contributed by atoms with van der Waals surface area (Å²) in [6.07, 6.45) is 1.78. The summed E-state index contributed by atoms with van der Waals surface area (Å²) in [7, 11) is 2.04. The summed E-state index contributed by atoms with van der Waals surface area (Å²) in [6, 6.07) is 13.5. The lowest BCUT2D eigenvalue weighted by molar-refractivity contribution is 0.0651. The Morgan fingerprint density at radius 2 is 1.76 bits per heavy atom. The summed E-state index contributed by atoms with van der Waals surface area (Å²) in [5.74, 6) is -0.144. The van der Waals surface area contributed by atoms with Gasteiger partial charge in [-0.15, -0.1) is 0 Å². The van der Waals surface area contributed by atoms with E-state index in [9.17, 15) is 9.59 Å². The van der Waals surface area contributed by atoms with Crippen molar-refractivity contribution >= 4 is 17.3 Å². The van der Waals surface area contributed by atoms with E-state index < -0.39 is 0 Å². The number of imidazole rings is 1. The first-order valence-corrected chi connectivity index (χ1v) is 9.81. The van der Waals surface area contributed by atoms with Crippen LogP contribution in [0.5, 0.6) is 0 Å². The lowest BCUT2D eigenvalue weighted by atomic mass is 10.1. The molecule has 7 nitrogen and oxygen atoms in total. The van der Waals surface area contributed by atoms with Crippen LogP contribution in [0.15, 0.2) is 48.7 Å². The Morgan fingerprint density at radius 1 is 1.03 bits per heavy atom. The zero-order valence-corrected chi connectivity index (χ0v) is 16.8. The second-order valence-electron chi connectivity index (χ2n) is 7.50. The normalized spacial score (nSPS) is 14.9. The van der Waals surface area contributed by atoms with Crippen molar-refractivity contribution in [1.82, 2.24) is 24.5 Å². The van der Waals surface area contributed by atoms with Crippen LogP contribution in [0.1, 0.15) is 32.2 Å². The van der Waals surface area contributed by atoms with E-state index in [0.29, 0.717) is 25.2 Å². The lowest BCUT2D eigenvalue weighted by Gasteiger charge is -2.31. The summed E-state index contributed by atoms with van der Waals surface area (Å²) in [5.41, 5.74) is 3.09.